The lowest BCUT2D eigenvalue weighted by Gasteiger charge is -2.10. The average molecular weight is 319 g/mol. The Morgan fingerprint density at radius 1 is 1.29 bits per heavy atom. The van der Waals surface area contributed by atoms with Crippen LogP contribution in [0.4, 0.5) is 11.4 Å². The summed E-state index contributed by atoms with van der Waals surface area (Å²) in [7, 11) is 0. The number of nitrogens with two attached hydrogens (primary N) is 1. The summed E-state index contributed by atoms with van der Waals surface area (Å²) in [6, 6.07) is 8.73. The summed E-state index contributed by atoms with van der Waals surface area (Å²) in [4.78, 5) is 12.4. The summed E-state index contributed by atoms with van der Waals surface area (Å²) in [5.74, 6) is -0.321. The zero-order valence-corrected chi connectivity index (χ0v) is 12.6. The van der Waals surface area contributed by atoms with Crippen molar-refractivity contribution in [3.05, 3.63) is 46.5 Å². The van der Waals surface area contributed by atoms with Gasteiger partial charge in [-0.15, -0.1) is 0 Å². The third kappa shape index (κ3) is 2.55. The van der Waals surface area contributed by atoms with E-state index >= 15 is 0 Å². The van der Waals surface area contributed by atoms with Gasteiger partial charge >= 0.3 is 0 Å². The van der Waals surface area contributed by atoms with E-state index in [1.165, 1.54) is 0 Å². The number of amides is 1. The average Bonchev–Trinajstić information content (AvgIpc) is 2.93. The fraction of sp³-hybridized carbons (Fsp3) is 0.0714. The smallest absolute Gasteiger partial charge is 0.257 e. The van der Waals surface area contributed by atoms with Crippen molar-refractivity contribution in [1.82, 2.24) is 8.75 Å². The molecular formula is C14H11ClN4OS. The van der Waals surface area contributed by atoms with E-state index in [0.29, 0.717) is 33.0 Å². The van der Waals surface area contributed by atoms with Crippen molar-refractivity contribution >= 4 is 51.6 Å². The molecule has 3 rings (SSSR count). The van der Waals surface area contributed by atoms with Crippen LogP contribution in [0.2, 0.25) is 5.02 Å². The van der Waals surface area contributed by atoms with Crippen molar-refractivity contribution in [2.24, 2.45) is 0 Å². The summed E-state index contributed by atoms with van der Waals surface area (Å²) < 4.78 is 8.29. The zero-order valence-electron chi connectivity index (χ0n) is 11.1. The number of anilines is 2. The molecular weight excluding hydrogens is 308 g/mol. The molecule has 0 aliphatic carbocycles. The predicted molar refractivity (Wildman–Crippen MR) is 86.0 cm³/mol. The molecule has 0 atom stereocenters. The zero-order chi connectivity index (χ0) is 15.0. The number of carbonyl (C=O) groups excluding carboxylic acids is 1. The lowest BCUT2D eigenvalue weighted by molar-refractivity contribution is 0.102. The van der Waals surface area contributed by atoms with Gasteiger partial charge in [-0.05, 0) is 31.2 Å². The third-order valence-electron chi connectivity index (χ3n) is 3.07. The number of aromatic nitrogens is 2. The number of nitrogens with zero attached hydrogens (tertiary/aromatic N) is 2. The minimum absolute atomic E-state index is 0.321. The van der Waals surface area contributed by atoms with Gasteiger partial charge in [-0.25, -0.2) is 0 Å². The van der Waals surface area contributed by atoms with Gasteiger partial charge in [0.2, 0.25) is 0 Å². The molecule has 1 amide bonds. The second kappa shape index (κ2) is 5.31. The highest BCUT2D eigenvalue weighted by Crippen LogP contribution is 2.30. The van der Waals surface area contributed by atoms with Gasteiger partial charge in [0.15, 0.2) is 0 Å². The number of nitrogen functional groups attached to an aromatic ring is 1. The van der Waals surface area contributed by atoms with E-state index in [4.69, 9.17) is 17.3 Å². The molecule has 0 saturated carbocycles. The molecule has 0 spiro atoms. The van der Waals surface area contributed by atoms with Crippen LogP contribution < -0.4 is 11.1 Å². The van der Waals surface area contributed by atoms with Gasteiger partial charge in [0, 0.05) is 5.69 Å². The van der Waals surface area contributed by atoms with Crippen LogP contribution in [0.3, 0.4) is 0 Å². The third-order valence-corrected chi connectivity index (χ3v) is 3.93. The summed E-state index contributed by atoms with van der Waals surface area (Å²) in [6.07, 6.45) is 0. The normalized spacial score (nSPS) is 10.8. The molecule has 0 unspecified atom stereocenters. The Morgan fingerprint density at radius 3 is 2.90 bits per heavy atom. The van der Waals surface area contributed by atoms with Crippen molar-refractivity contribution < 1.29 is 4.79 Å². The Morgan fingerprint density at radius 2 is 2.10 bits per heavy atom. The number of nitrogens with one attached hydrogen (secondary N) is 1. The minimum Gasteiger partial charge on any atom is -0.398 e. The molecule has 3 aromatic rings. The summed E-state index contributed by atoms with van der Waals surface area (Å²) in [6.45, 7) is 1.90. The van der Waals surface area contributed by atoms with Gasteiger partial charge in [-0.1, -0.05) is 23.2 Å². The molecule has 2 aromatic carbocycles. The van der Waals surface area contributed by atoms with Crippen LogP contribution in [0, 0.1) is 6.92 Å². The molecule has 7 heteroatoms. The summed E-state index contributed by atoms with van der Waals surface area (Å²) in [5.41, 5.74) is 9.35. The van der Waals surface area contributed by atoms with Gasteiger partial charge in [0.1, 0.15) is 11.0 Å². The quantitative estimate of drug-likeness (QED) is 0.709. The Hall–Kier alpha value is -2.18. The number of halogens is 1. The predicted octanol–water partition coefficient (Wildman–Crippen LogP) is 3.49. The molecule has 106 valence electrons. The topological polar surface area (TPSA) is 80.9 Å². The minimum atomic E-state index is -0.321. The van der Waals surface area contributed by atoms with Crippen LogP contribution >= 0.6 is 23.3 Å². The van der Waals surface area contributed by atoms with Crippen molar-refractivity contribution in [2.75, 3.05) is 11.1 Å². The van der Waals surface area contributed by atoms with Gasteiger partial charge in [-0.2, -0.15) is 8.75 Å². The van der Waals surface area contributed by atoms with Gasteiger partial charge in [0.25, 0.3) is 5.91 Å². The fourth-order valence-corrected chi connectivity index (χ4v) is 2.74. The molecule has 3 N–H and O–H groups in total. The van der Waals surface area contributed by atoms with Crippen LogP contribution in [0.1, 0.15) is 15.9 Å². The lowest BCUT2D eigenvalue weighted by Crippen LogP contribution is -2.15. The molecule has 1 heterocycles. The lowest BCUT2D eigenvalue weighted by atomic mass is 10.1. The first-order valence-electron chi connectivity index (χ1n) is 6.14. The molecule has 5 nitrogen and oxygen atoms in total. The van der Waals surface area contributed by atoms with Crippen LogP contribution in [0.5, 0.6) is 0 Å². The fourth-order valence-electron chi connectivity index (χ4n) is 1.99. The van der Waals surface area contributed by atoms with E-state index in [-0.39, 0.29) is 5.91 Å². The largest absolute Gasteiger partial charge is 0.398 e. The van der Waals surface area contributed by atoms with Gasteiger partial charge in [0.05, 0.1) is 28.0 Å². The first-order valence-corrected chi connectivity index (χ1v) is 7.25. The number of aryl methyl sites for hydroxylation is 1. The number of rotatable bonds is 2. The highest BCUT2D eigenvalue weighted by molar-refractivity contribution is 7.00. The van der Waals surface area contributed by atoms with E-state index < -0.39 is 0 Å². The SMILES string of the molecule is Cc1ccc(N)c(C(=O)Nc2c(Cl)ccc3nsnc23)c1. The Labute approximate surface area is 130 Å². The number of fused-ring (bicyclic) bond motifs is 1. The van der Waals surface area contributed by atoms with Crippen molar-refractivity contribution in [2.45, 2.75) is 6.92 Å². The number of hydrogen-bond donors (Lipinski definition) is 2. The number of hydrogen-bond acceptors (Lipinski definition) is 5. The van der Waals surface area contributed by atoms with E-state index in [0.717, 1.165) is 17.3 Å². The Kier molecular flexibility index (Phi) is 3.48. The van der Waals surface area contributed by atoms with Crippen molar-refractivity contribution in [3.8, 4) is 0 Å². The number of carbonyl (C=O) groups is 1. The maximum Gasteiger partial charge on any atom is 0.257 e. The first kappa shape index (κ1) is 13.8. The molecule has 0 radical (unpaired) electrons. The highest BCUT2D eigenvalue weighted by atomic mass is 35.5. The van der Waals surface area contributed by atoms with Crippen LogP contribution in [0.15, 0.2) is 30.3 Å². The second-order valence-corrected chi connectivity index (χ2v) is 5.53. The Balaban J connectivity index is 2.02. The molecule has 1 aromatic heterocycles. The van der Waals surface area contributed by atoms with E-state index in [1.54, 1.807) is 24.3 Å². The van der Waals surface area contributed by atoms with Crippen molar-refractivity contribution in [1.29, 1.82) is 0 Å². The second-order valence-electron chi connectivity index (χ2n) is 4.60. The molecule has 21 heavy (non-hydrogen) atoms. The van der Waals surface area contributed by atoms with E-state index in [1.807, 2.05) is 13.0 Å². The molecule has 0 fully saturated rings. The highest BCUT2D eigenvalue weighted by Gasteiger charge is 2.16. The molecule has 0 bridgehead atoms. The van der Waals surface area contributed by atoms with Crippen LogP contribution in [-0.2, 0) is 0 Å². The maximum atomic E-state index is 12.4. The van der Waals surface area contributed by atoms with Crippen molar-refractivity contribution in [3.63, 3.8) is 0 Å². The summed E-state index contributed by atoms with van der Waals surface area (Å²) >= 11 is 7.22. The standard InChI is InChI=1S/C14H11ClN4OS/c1-7-2-4-10(16)8(6-7)14(20)17-12-9(15)3-5-11-13(12)19-21-18-11/h2-6H,16H2,1H3,(H,17,20). The van der Waals surface area contributed by atoms with E-state index in [2.05, 4.69) is 14.1 Å². The molecule has 0 aliphatic heterocycles. The maximum absolute atomic E-state index is 12.4. The van der Waals surface area contributed by atoms with Gasteiger partial charge in [-0.3, -0.25) is 4.79 Å². The monoisotopic (exact) mass is 318 g/mol. The molecule has 0 saturated heterocycles. The number of benzene rings is 2. The molecule has 0 aliphatic rings. The van der Waals surface area contributed by atoms with E-state index in [9.17, 15) is 4.79 Å². The summed E-state index contributed by atoms with van der Waals surface area (Å²) in [5, 5.41) is 3.19. The van der Waals surface area contributed by atoms with Gasteiger partial charge < -0.3 is 11.1 Å². The van der Waals surface area contributed by atoms with Crippen LogP contribution in [-0.4, -0.2) is 14.7 Å². The van der Waals surface area contributed by atoms with Crippen LogP contribution in [0.25, 0.3) is 11.0 Å². The first-order chi connectivity index (χ1) is 10.1. The Bertz CT molecular complexity index is 846.